The number of allylic oxidation sites excluding steroid dienone is 15. The van der Waals surface area contributed by atoms with Gasteiger partial charge in [0.1, 0.15) is 0 Å². The molecule has 0 aromatic carbocycles. The van der Waals surface area contributed by atoms with Gasteiger partial charge in [0.15, 0.2) is 0 Å². The Balaban J connectivity index is 3.66. The monoisotopic (exact) mass is 734 g/mol. The van der Waals surface area contributed by atoms with E-state index in [9.17, 15) is 15.0 Å². The third-order valence-electron chi connectivity index (χ3n) is 9.32. The Hall–Kier alpha value is -2.69. The molecule has 0 aliphatic carbocycles. The van der Waals surface area contributed by atoms with Crippen molar-refractivity contribution in [2.45, 2.75) is 199 Å². The minimum absolute atomic E-state index is 0.0815. The molecule has 0 aliphatic heterocycles. The summed E-state index contributed by atoms with van der Waals surface area (Å²) in [6, 6.07) is -0.633. The van der Waals surface area contributed by atoms with Crippen LogP contribution in [-0.4, -0.2) is 34.9 Å². The van der Waals surface area contributed by atoms with Crippen molar-refractivity contribution in [2.24, 2.45) is 0 Å². The molecule has 0 aliphatic rings. The summed E-state index contributed by atoms with van der Waals surface area (Å²) in [5.74, 6) is -0.0815. The van der Waals surface area contributed by atoms with E-state index in [-0.39, 0.29) is 12.5 Å². The van der Waals surface area contributed by atoms with Crippen LogP contribution in [0.5, 0.6) is 0 Å². The number of unbranched alkanes of at least 4 members (excludes halogenated alkanes) is 17. The summed E-state index contributed by atoms with van der Waals surface area (Å²) in [5, 5.41) is 22.9. The van der Waals surface area contributed by atoms with Crippen LogP contribution >= 0.6 is 0 Å². The molecule has 4 heteroatoms. The predicted octanol–water partition coefficient (Wildman–Crippen LogP) is 13.8. The van der Waals surface area contributed by atoms with Gasteiger partial charge in [-0.2, -0.15) is 0 Å². The number of hydrogen-bond acceptors (Lipinski definition) is 3. The molecular weight excluding hydrogens is 651 g/mol. The summed E-state index contributed by atoms with van der Waals surface area (Å²) in [5.41, 5.74) is 0. The zero-order valence-corrected chi connectivity index (χ0v) is 34.5. The summed E-state index contributed by atoms with van der Waals surface area (Å²) < 4.78 is 0. The predicted molar refractivity (Wildman–Crippen MR) is 234 cm³/mol. The van der Waals surface area contributed by atoms with Crippen molar-refractivity contribution >= 4 is 5.91 Å². The molecule has 0 saturated carbocycles. The largest absolute Gasteiger partial charge is 0.394 e. The molecule has 0 bridgehead atoms. The number of amides is 1. The normalized spacial score (nSPS) is 14.0. The maximum Gasteiger partial charge on any atom is 0.220 e. The summed E-state index contributed by atoms with van der Waals surface area (Å²) in [6.07, 6.45) is 65.1. The van der Waals surface area contributed by atoms with Crippen LogP contribution in [0.1, 0.15) is 187 Å². The second-order valence-corrected chi connectivity index (χ2v) is 14.4. The maximum atomic E-state index is 12.4. The Morgan fingerprint density at radius 3 is 1.25 bits per heavy atom. The van der Waals surface area contributed by atoms with Gasteiger partial charge >= 0.3 is 0 Å². The van der Waals surface area contributed by atoms with E-state index in [1.54, 1.807) is 6.08 Å². The van der Waals surface area contributed by atoms with Crippen molar-refractivity contribution in [1.29, 1.82) is 0 Å². The number of nitrogens with one attached hydrogen (secondary N) is 1. The van der Waals surface area contributed by atoms with Crippen LogP contribution in [0.3, 0.4) is 0 Å². The van der Waals surface area contributed by atoms with Gasteiger partial charge in [-0.1, -0.05) is 201 Å². The zero-order valence-electron chi connectivity index (χ0n) is 34.5. The first kappa shape index (κ1) is 50.3. The van der Waals surface area contributed by atoms with Gasteiger partial charge in [-0.3, -0.25) is 4.79 Å². The third-order valence-corrected chi connectivity index (χ3v) is 9.32. The van der Waals surface area contributed by atoms with Crippen LogP contribution in [0.2, 0.25) is 0 Å². The first-order valence-corrected chi connectivity index (χ1v) is 22.0. The van der Waals surface area contributed by atoms with Crippen LogP contribution in [0.15, 0.2) is 97.2 Å². The minimum atomic E-state index is -0.849. The van der Waals surface area contributed by atoms with E-state index in [2.05, 4.69) is 104 Å². The first-order valence-electron chi connectivity index (χ1n) is 22.0. The van der Waals surface area contributed by atoms with Gasteiger partial charge in [0.05, 0.1) is 18.8 Å². The van der Waals surface area contributed by atoms with E-state index >= 15 is 0 Å². The Morgan fingerprint density at radius 2 is 0.830 bits per heavy atom. The quantitative estimate of drug-likeness (QED) is 0.0437. The second-order valence-electron chi connectivity index (χ2n) is 14.4. The highest BCUT2D eigenvalue weighted by Gasteiger charge is 2.17. The summed E-state index contributed by atoms with van der Waals surface area (Å²) in [6.45, 7) is 4.16. The molecule has 0 radical (unpaired) electrons. The van der Waals surface area contributed by atoms with E-state index in [4.69, 9.17) is 0 Å². The molecule has 0 fully saturated rings. The van der Waals surface area contributed by atoms with Crippen molar-refractivity contribution in [3.05, 3.63) is 97.2 Å². The number of aliphatic hydroxyl groups excluding tert-OH is 2. The van der Waals surface area contributed by atoms with Gasteiger partial charge in [-0.15, -0.1) is 0 Å². The van der Waals surface area contributed by atoms with Gasteiger partial charge in [-0.05, 0) is 77.0 Å². The highest BCUT2D eigenvalue weighted by atomic mass is 16.3. The maximum absolute atomic E-state index is 12.4. The average molecular weight is 734 g/mol. The number of aliphatic hydroxyl groups is 2. The van der Waals surface area contributed by atoms with Gasteiger partial charge in [0.25, 0.3) is 0 Å². The molecule has 53 heavy (non-hydrogen) atoms. The molecule has 0 saturated heterocycles. The number of carbonyl (C=O) groups excluding carboxylic acids is 1. The highest BCUT2D eigenvalue weighted by molar-refractivity contribution is 5.76. The van der Waals surface area contributed by atoms with Gasteiger partial charge in [-0.25, -0.2) is 0 Å². The lowest BCUT2D eigenvalue weighted by atomic mass is 10.1. The van der Waals surface area contributed by atoms with Crippen LogP contribution in [0.4, 0.5) is 0 Å². The van der Waals surface area contributed by atoms with E-state index in [0.29, 0.717) is 6.42 Å². The smallest absolute Gasteiger partial charge is 0.220 e. The Morgan fingerprint density at radius 1 is 0.472 bits per heavy atom. The van der Waals surface area contributed by atoms with Gasteiger partial charge in [0.2, 0.25) is 5.91 Å². The topological polar surface area (TPSA) is 69.6 Å². The molecule has 0 heterocycles. The van der Waals surface area contributed by atoms with Crippen LogP contribution in [0.25, 0.3) is 0 Å². The van der Waals surface area contributed by atoms with Crippen LogP contribution in [-0.2, 0) is 4.79 Å². The number of hydrogen-bond donors (Lipinski definition) is 3. The lowest BCUT2D eigenvalue weighted by Gasteiger charge is -2.20. The molecule has 0 rings (SSSR count). The Labute approximate surface area is 328 Å². The van der Waals surface area contributed by atoms with E-state index < -0.39 is 12.1 Å². The minimum Gasteiger partial charge on any atom is -0.394 e. The van der Waals surface area contributed by atoms with Crippen molar-refractivity contribution in [3.8, 4) is 0 Å². The molecule has 0 aromatic rings. The van der Waals surface area contributed by atoms with Crippen molar-refractivity contribution in [3.63, 3.8) is 0 Å². The molecule has 4 nitrogen and oxygen atoms in total. The lowest BCUT2D eigenvalue weighted by molar-refractivity contribution is -0.123. The fourth-order valence-corrected chi connectivity index (χ4v) is 5.98. The molecule has 0 spiro atoms. The summed E-state index contributed by atoms with van der Waals surface area (Å²) in [7, 11) is 0. The summed E-state index contributed by atoms with van der Waals surface area (Å²) >= 11 is 0. The molecule has 0 aromatic heterocycles. The third kappa shape index (κ3) is 40.3. The molecule has 2 unspecified atom stereocenters. The lowest BCUT2D eigenvalue weighted by Crippen LogP contribution is -2.45. The van der Waals surface area contributed by atoms with Crippen LogP contribution < -0.4 is 5.32 Å². The number of rotatable bonds is 38. The van der Waals surface area contributed by atoms with E-state index in [1.807, 2.05) is 6.08 Å². The van der Waals surface area contributed by atoms with E-state index in [0.717, 1.165) is 83.5 Å². The fraction of sp³-hybridized carbons (Fsp3) is 0.653. The molecule has 1 amide bonds. The standard InChI is InChI=1S/C49H83NO3/c1-3-5-7-9-11-13-15-17-18-19-20-21-22-23-24-25-26-27-28-29-30-31-32-33-35-37-39-41-43-45-49(53)50-47(46-51)48(52)44-42-40-38-36-34-16-14-12-10-8-6-4-2/h5,7,11,13,17-18,20-21,23-24,26-27,29-30,42,44,47-48,51-52H,3-4,6,8-10,12,14-16,19,22,25,28,31-41,43,45-46H2,1-2H3,(H,50,53)/b7-5-,13-11-,18-17-,21-20-,24-23-,27-26-,30-29-,44-42+. The average Bonchev–Trinajstić information content (AvgIpc) is 3.16. The fourth-order valence-electron chi connectivity index (χ4n) is 5.98. The first-order chi connectivity index (χ1) is 26.2. The van der Waals surface area contributed by atoms with Crippen molar-refractivity contribution in [1.82, 2.24) is 5.32 Å². The number of carbonyl (C=O) groups is 1. The van der Waals surface area contributed by atoms with Gasteiger partial charge in [0, 0.05) is 6.42 Å². The van der Waals surface area contributed by atoms with E-state index in [1.165, 1.54) is 83.5 Å². The Bertz CT molecular complexity index is 1010. The second kappa shape index (κ2) is 43.7. The highest BCUT2D eigenvalue weighted by Crippen LogP contribution is 2.13. The molecule has 302 valence electrons. The van der Waals surface area contributed by atoms with Crippen molar-refractivity contribution in [2.75, 3.05) is 6.61 Å². The van der Waals surface area contributed by atoms with Crippen LogP contribution in [0, 0.1) is 0 Å². The molecule has 3 N–H and O–H groups in total. The Kier molecular flexibility index (Phi) is 41.5. The molecular formula is C49H83NO3. The van der Waals surface area contributed by atoms with Crippen molar-refractivity contribution < 1.29 is 15.0 Å². The zero-order chi connectivity index (χ0) is 38.6. The SMILES string of the molecule is CC/C=C\C/C=C\C/C=C\C/C=C\C/C=C\C/C=C\C/C=C\CCCCCCCCCC(=O)NC(CO)C(O)/C=C/CCCCCCCCCCCC. The summed E-state index contributed by atoms with van der Waals surface area (Å²) in [4.78, 5) is 12.4. The molecule has 2 atom stereocenters. The van der Waals surface area contributed by atoms with Gasteiger partial charge < -0.3 is 15.5 Å².